The van der Waals surface area contributed by atoms with Gasteiger partial charge in [-0.1, -0.05) is 12.1 Å². The number of thiocarbonyl (C=S) groups is 1. The zero-order valence-corrected chi connectivity index (χ0v) is 18.6. The lowest BCUT2D eigenvalue weighted by Gasteiger charge is -2.29. The summed E-state index contributed by atoms with van der Waals surface area (Å²) in [4.78, 5) is 31.8. The maximum atomic E-state index is 13.3. The Morgan fingerprint density at radius 3 is 2.35 bits per heavy atom. The Hall–Kier alpha value is -3.58. The van der Waals surface area contributed by atoms with E-state index in [1.807, 2.05) is 74.7 Å². The van der Waals surface area contributed by atoms with Gasteiger partial charge < -0.3 is 4.57 Å². The quantitative estimate of drug-likeness (QED) is 0.388. The normalized spacial score (nSPS) is 15.5. The largest absolute Gasteiger partial charge is 0.303 e. The van der Waals surface area contributed by atoms with Crippen molar-refractivity contribution in [3.05, 3.63) is 82.3 Å². The van der Waals surface area contributed by atoms with Gasteiger partial charge in [0.25, 0.3) is 11.8 Å². The lowest BCUT2D eigenvalue weighted by atomic mass is 10.1. The molecule has 0 saturated carbocycles. The molecule has 4 rings (SSSR count). The molecule has 0 aliphatic carbocycles. The monoisotopic (exact) mass is 430 g/mol. The predicted octanol–water partition coefficient (Wildman–Crippen LogP) is 3.94. The van der Waals surface area contributed by atoms with Gasteiger partial charge in [0.05, 0.1) is 5.69 Å². The summed E-state index contributed by atoms with van der Waals surface area (Å²) >= 11 is 5.32. The Morgan fingerprint density at radius 1 is 1.00 bits per heavy atom. The molecule has 0 spiro atoms. The van der Waals surface area contributed by atoms with Crippen LogP contribution in [0.3, 0.4) is 0 Å². The van der Waals surface area contributed by atoms with Crippen LogP contribution >= 0.6 is 12.2 Å². The van der Waals surface area contributed by atoms with E-state index in [-0.39, 0.29) is 10.7 Å². The van der Waals surface area contributed by atoms with Crippen LogP contribution in [0.5, 0.6) is 0 Å². The van der Waals surface area contributed by atoms with Crippen molar-refractivity contribution < 1.29 is 9.59 Å². The Kier molecular flexibility index (Phi) is 5.29. The second kappa shape index (κ2) is 7.92. The molecule has 0 atom stereocenters. The van der Waals surface area contributed by atoms with Crippen molar-refractivity contribution >= 4 is 40.9 Å². The van der Waals surface area contributed by atoms with Crippen molar-refractivity contribution in [2.75, 3.05) is 4.90 Å². The van der Waals surface area contributed by atoms with E-state index in [4.69, 9.17) is 12.2 Å². The van der Waals surface area contributed by atoms with Crippen LogP contribution in [0.25, 0.3) is 11.9 Å². The fraction of sp³-hybridized carbons (Fsp3) is 0.167. The lowest BCUT2D eigenvalue weighted by molar-refractivity contribution is -0.122. The minimum absolute atomic E-state index is 0.0361. The van der Waals surface area contributed by atoms with Crippen LogP contribution in [-0.2, 0) is 9.59 Å². The van der Waals surface area contributed by atoms with Gasteiger partial charge in [-0.3, -0.25) is 19.8 Å². The number of nitrogens with one attached hydrogen (secondary N) is 1. The number of aryl methyl sites for hydroxylation is 3. The van der Waals surface area contributed by atoms with Gasteiger partial charge in [-0.2, -0.15) is 0 Å². The number of carbonyl (C=O) groups excluding carboxylic acids is 2. The fourth-order valence-corrected chi connectivity index (χ4v) is 4.18. The molecule has 1 saturated heterocycles. The molecule has 1 aliphatic rings. The van der Waals surface area contributed by atoms with Crippen LogP contribution in [-0.4, -0.2) is 26.5 Å². The van der Waals surface area contributed by atoms with Gasteiger partial charge in [0.1, 0.15) is 11.4 Å². The molecule has 1 fully saturated rings. The number of benzene rings is 1. The topological polar surface area (TPSA) is 67.2 Å². The highest BCUT2D eigenvalue weighted by Crippen LogP contribution is 2.26. The van der Waals surface area contributed by atoms with Gasteiger partial charge in [-0.05, 0) is 93.0 Å². The van der Waals surface area contributed by atoms with E-state index in [1.165, 1.54) is 4.90 Å². The first-order valence-corrected chi connectivity index (χ1v) is 10.3. The number of amides is 2. The van der Waals surface area contributed by atoms with Crippen molar-refractivity contribution in [3.63, 3.8) is 0 Å². The first-order chi connectivity index (χ1) is 14.8. The van der Waals surface area contributed by atoms with Crippen LogP contribution in [0.1, 0.15) is 28.1 Å². The van der Waals surface area contributed by atoms with Gasteiger partial charge in [0.15, 0.2) is 5.11 Å². The summed E-state index contributed by atoms with van der Waals surface area (Å²) in [6.45, 7) is 7.81. The first-order valence-electron chi connectivity index (χ1n) is 9.86. The number of hydrogen-bond donors (Lipinski definition) is 1. The van der Waals surface area contributed by atoms with Crippen LogP contribution < -0.4 is 10.2 Å². The Bertz CT molecular complexity index is 1240. The van der Waals surface area contributed by atoms with Crippen LogP contribution in [0.2, 0.25) is 0 Å². The molecule has 0 unspecified atom stereocenters. The second-order valence-corrected chi connectivity index (χ2v) is 8.04. The van der Waals surface area contributed by atoms with Gasteiger partial charge in [0, 0.05) is 17.6 Å². The molecule has 0 radical (unpaired) electrons. The van der Waals surface area contributed by atoms with E-state index in [2.05, 4.69) is 10.3 Å². The molecule has 1 aliphatic heterocycles. The maximum Gasteiger partial charge on any atom is 0.270 e. The number of carbonyl (C=O) groups is 2. The standard InChI is InChI=1S/C24H22N4O2S/c1-14-9-15(2)11-19(10-14)28-23(30)20(22(29)26-24(28)31)13-18-12-16(3)27(17(18)4)21-7-5-6-8-25-21/h5-13H,1-4H3,(H,26,29,31)/b20-13-. The van der Waals surface area contributed by atoms with E-state index >= 15 is 0 Å². The lowest BCUT2D eigenvalue weighted by Crippen LogP contribution is -2.54. The van der Waals surface area contributed by atoms with Gasteiger partial charge in [0.2, 0.25) is 0 Å². The summed E-state index contributed by atoms with van der Waals surface area (Å²) in [5.74, 6) is -0.167. The molecule has 7 heteroatoms. The minimum atomic E-state index is -0.502. The smallest absolute Gasteiger partial charge is 0.270 e. The van der Waals surface area contributed by atoms with Crippen molar-refractivity contribution in [2.45, 2.75) is 27.7 Å². The zero-order chi connectivity index (χ0) is 22.3. The van der Waals surface area contributed by atoms with Crippen molar-refractivity contribution in [1.82, 2.24) is 14.9 Å². The molecule has 2 amide bonds. The molecule has 1 N–H and O–H groups in total. The summed E-state index contributed by atoms with van der Waals surface area (Å²) in [7, 11) is 0. The fourth-order valence-electron chi connectivity index (χ4n) is 3.90. The van der Waals surface area contributed by atoms with E-state index in [9.17, 15) is 9.59 Å². The first kappa shape index (κ1) is 20.7. The van der Waals surface area contributed by atoms with Crippen LogP contribution in [0.4, 0.5) is 5.69 Å². The average Bonchev–Trinajstić information content (AvgIpc) is 2.98. The number of hydrogen-bond acceptors (Lipinski definition) is 4. The van der Waals surface area contributed by atoms with E-state index in [1.54, 1.807) is 12.3 Å². The molecule has 156 valence electrons. The molecule has 2 aromatic heterocycles. The van der Waals surface area contributed by atoms with E-state index in [0.29, 0.717) is 5.69 Å². The second-order valence-electron chi connectivity index (χ2n) is 7.65. The molecular formula is C24H22N4O2S. The number of anilines is 1. The van der Waals surface area contributed by atoms with Crippen LogP contribution in [0.15, 0.2) is 54.2 Å². The molecule has 1 aromatic carbocycles. The number of rotatable bonds is 3. The third kappa shape index (κ3) is 3.80. The molecule has 31 heavy (non-hydrogen) atoms. The Balaban J connectivity index is 1.78. The summed E-state index contributed by atoms with van der Waals surface area (Å²) < 4.78 is 1.99. The summed E-state index contributed by atoms with van der Waals surface area (Å²) in [5, 5.41) is 2.73. The summed E-state index contributed by atoms with van der Waals surface area (Å²) in [6.07, 6.45) is 3.35. The predicted molar refractivity (Wildman–Crippen MR) is 125 cm³/mol. The maximum absolute atomic E-state index is 13.3. The van der Waals surface area contributed by atoms with E-state index in [0.717, 1.165) is 33.9 Å². The molecule has 3 aromatic rings. The number of aromatic nitrogens is 2. The molecular weight excluding hydrogens is 408 g/mol. The summed E-state index contributed by atoms with van der Waals surface area (Å²) in [6, 6.07) is 13.4. The van der Waals surface area contributed by atoms with Crippen molar-refractivity contribution in [3.8, 4) is 5.82 Å². The molecule has 0 bridgehead atoms. The molecule has 6 nitrogen and oxygen atoms in total. The SMILES string of the molecule is Cc1cc(C)cc(N2C(=O)/C(=C\c3cc(C)n(-c4ccccn4)c3C)C(=O)NC2=S)c1. The Labute approximate surface area is 186 Å². The Morgan fingerprint density at radius 2 is 1.71 bits per heavy atom. The molecule has 3 heterocycles. The van der Waals surface area contributed by atoms with Crippen molar-refractivity contribution in [2.24, 2.45) is 0 Å². The van der Waals surface area contributed by atoms with Gasteiger partial charge in [-0.15, -0.1) is 0 Å². The highest BCUT2D eigenvalue weighted by atomic mass is 32.1. The minimum Gasteiger partial charge on any atom is -0.303 e. The summed E-state index contributed by atoms with van der Waals surface area (Å²) in [5.41, 5.74) is 5.30. The third-order valence-corrected chi connectivity index (χ3v) is 5.50. The highest BCUT2D eigenvalue weighted by Gasteiger charge is 2.35. The van der Waals surface area contributed by atoms with Crippen LogP contribution in [0, 0.1) is 27.7 Å². The van der Waals surface area contributed by atoms with Gasteiger partial charge in [-0.25, -0.2) is 4.98 Å². The number of pyridine rings is 1. The average molecular weight is 431 g/mol. The van der Waals surface area contributed by atoms with E-state index < -0.39 is 11.8 Å². The highest BCUT2D eigenvalue weighted by molar-refractivity contribution is 7.80. The van der Waals surface area contributed by atoms with Crippen molar-refractivity contribution in [1.29, 1.82) is 0 Å². The number of nitrogens with zero attached hydrogens (tertiary/aromatic N) is 3. The third-order valence-electron chi connectivity index (χ3n) is 5.21. The zero-order valence-electron chi connectivity index (χ0n) is 17.8. The van der Waals surface area contributed by atoms with Gasteiger partial charge >= 0.3 is 0 Å².